The standard InChI is InChI=1S/C17H9F3N2O/c18-17(19,20)12-4-6-13(7-5-12)23-15-8-3-11(10-21)16-14(15)2-1-9-22-16/h1-9H. The Hall–Kier alpha value is -3.07. The molecule has 0 saturated carbocycles. The van der Waals surface area contributed by atoms with Crippen LogP contribution in [0.4, 0.5) is 13.2 Å². The zero-order valence-corrected chi connectivity index (χ0v) is 11.6. The van der Waals surface area contributed by atoms with Gasteiger partial charge >= 0.3 is 6.18 Å². The molecule has 0 aliphatic carbocycles. The molecule has 0 spiro atoms. The number of nitrogens with zero attached hydrogens (tertiary/aromatic N) is 2. The zero-order valence-electron chi connectivity index (χ0n) is 11.6. The van der Waals surface area contributed by atoms with Gasteiger partial charge in [0.2, 0.25) is 0 Å². The van der Waals surface area contributed by atoms with Gasteiger partial charge in [-0.25, -0.2) is 0 Å². The van der Waals surface area contributed by atoms with Crippen molar-refractivity contribution < 1.29 is 17.9 Å². The van der Waals surface area contributed by atoms with Crippen molar-refractivity contribution in [2.75, 3.05) is 0 Å². The quantitative estimate of drug-likeness (QED) is 0.674. The number of ether oxygens (including phenoxy) is 1. The Kier molecular flexibility index (Phi) is 3.62. The zero-order chi connectivity index (χ0) is 16.4. The molecule has 0 aliphatic heterocycles. The maximum Gasteiger partial charge on any atom is 0.416 e. The highest BCUT2D eigenvalue weighted by Crippen LogP contribution is 2.33. The number of fused-ring (bicyclic) bond motifs is 1. The van der Waals surface area contributed by atoms with E-state index in [1.165, 1.54) is 12.1 Å². The summed E-state index contributed by atoms with van der Waals surface area (Å²) in [7, 11) is 0. The lowest BCUT2D eigenvalue weighted by Crippen LogP contribution is -2.04. The molecule has 0 bridgehead atoms. The van der Waals surface area contributed by atoms with Crippen molar-refractivity contribution >= 4 is 10.9 Å². The van der Waals surface area contributed by atoms with Gasteiger partial charge in [0.05, 0.1) is 16.6 Å². The molecule has 0 atom stereocenters. The Morgan fingerprint density at radius 1 is 1.00 bits per heavy atom. The number of hydrogen-bond donors (Lipinski definition) is 0. The molecular formula is C17H9F3N2O. The second-order valence-corrected chi connectivity index (χ2v) is 4.75. The predicted octanol–water partition coefficient (Wildman–Crippen LogP) is 4.92. The number of alkyl halides is 3. The van der Waals surface area contributed by atoms with Crippen molar-refractivity contribution in [3.63, 3.8) is 0 Å². The van der Waals surface area contributed by atoms with E-state index in [-0.39, 0.29) is 5.75 Å². The Bertz CT molecular complexity index is 896. The van der Waals surface area contributed by atoms with Crippen molar-refractivity contribution in [1.82, 2.24) is 4.98 Å². The second-order valence-electron chi connectivity index (χ2n) is 4.75. The van der Waals surface area contributed by atoms with E-state index in [4.69, 9.17) is 10.00 Å². The SMILES string of the molecule is N#Cc1ccc(Oc2ccc(C(F)(F)F)cc2)c2cccnc12. The van der Waals surface area contributed by atoms with Gasteiger partial charge < -0.3 is 4.74 Å². The number of hydrogen-bond acceptors (Lipinski definition) is 3. The van der Waals surface area contributed by atoms with Crippen molar-refractivity contribution in [3.05, 3.63) is 65.9 Å². The van der Waals surface area contributed by atoms with Crippen LogP contribution < -0.4 is 4.74 Å². The highest BCUT2D eigenvalue weighted by atomic mass is 19.4. The summed E-state index contributed by atoms with van der Waals surface area (Å²) in [4.78, 5) is 4.15. The number of halogens is 3. The lowest BCUT2D eigenvalue weighted by atomic mass is 10.1. The fourth-order valence-corrected chi connectivity index (χ4v) is 2.16. The Labute approximate surface area is 129 Å². The maximum atomic E-state index is 12.6. The van der Waals surface area contributed by atoms with Gasteiger partial charge in [-0.2, -0.15) is 18.4 Å². The fraction of sp³-hybridized carbons (Fsp3) is 0.0588. The highest BCUT2D eigenvalue weighted by molar-refractivity contribution is 5.89. The molecule has 0 unspecified atom stereocenters. The van der Waals surface area contributed by atoms with Crippen molar-refractivity contribution in [3.8, 4) is 17.6 Å². The van der Waals surface area contributed by atoms with Gasteiger partial charge in [-0.1, -0.05) is 0 Å². The molecule has 23 heavy (non-hydrogen) atoms. The Balaban J connectivity index is 1.98. The van der Waals surface area contributed by atoms with E-state index in [2.05, 4.69) is 4.98 Å². The lowest BCUT2D eigenvalue weighted by molar-refractivity contribution is -0.137. The molecule has 1 heterocycles. The number of pyridine rings is 1. The molecule has 0 amide bonds. The minimum absolute atomic E-state index is 0.271. The fourth-order valence-electron chi connectivity index (χ4n) is 2.16. The van der Waals surface area contributed by atoms with Crippen LogP contribution in [0.15, 0.2) is 54.7 Å². The van der Waals surface area contributed by atoms with E-state index >= 15 is 0 Å². The predicted molar refractivity (Wildman–Crippen MR) is 78.0 cm³/mol. The first kappa shape index (κ1) is 14.9. The summed E-state index contributed by atoms with van der Waals surface area (Å²) in [5.74, 6) is 0.694. The summed E-state index contributed by atoms with van der Waals surface area (Å²) in [6, 6.07) is 13.1. The van der Waals surface area contributed by atoms with E-state index in [0.29, 0.717) is 22.2 Å². The number of aromatic nitrogens is 1. The van der Waals surface area contributed by atoms with Crippen LogP contribution in [-0.2, 0) is 6.18 Å². The Morgan fingerprint density at radius 3 is 2.39 bits per heavy atom. The topological polar surface area (TPSA) is 45.9 Å². The first-order valence-corrected chi connectivity index (χ1v) is 6.62. The van der Waals surface area contributed by atoms with Crippen LogP contribution in [0.1, 0.15) is 11.1 Å². The molecular weight excluding hydrogens is 305 g/mol. The first-order chi connectivity index (χ1) is 11.0. The molecule has 0 radical (unpaired) electrons. The molecule has 2 aromatic carbocycles. The largest absolute Gasteiger partial charge is 0.457 e. The van der Waals surface area contributed by atoms with Crippen LogP contribution in [-0.4, -0.2) is 4.98 Å². The molecule has 6 heteroatoms. The van der Waals surface area contributed by atoms with Crippen LogP contribution in [0.3, 0.4) is 0 Å². The van der Waals surface area contributed by atoms with Gasteiger partial charge in [-0.3, -0.25) is 4.98 Å². The average Bonchev–Trinajstić information content (AvgIpc) is 2.55. The smallest absolute Gasteiger partial charge is 0.416 e. The minimum atomic E-state index is -4.39. The average molecular weight is 314 g/mol. The van der Waals surface area contributed by atoms with Gasteiger partial charge in [0, 0.05) is 11.6 Å². The summed E-state index contributed by atoms with van der Waals surface area (Å²) in [6.07, 6.45) is -2.82. The number of nitriles is 1. The highest BCUT2D eigenvalue weighted by Gasteiger charge is 2.30. The van der Waals surface area contributed by atoms with Crippen LogP contribution in [0.5, 0.6) is 11.5 Å². The van der Waals surface area contributed by atoms with E-state index in [0.717, 1.165) is 12.1 Å². The first-order valence-electron chi connectivity index (χ1n) is 6.62. The van der Waals surface area contributed by atoms with Gasteiger partial charge in [0.1, 0.15) is 17.6 Å². The molecule has 3 rings (SSSR count). The summed E-state index contributed by atoms with van der Waals surface area (Å²) in [6.45, 7) is 0. The molecule has 0 saturated heterocycles. The molecule has 0 aliphatic rings. The lowest BCUT2D eigenvalue weighted by Gasteiger charge is -2.11. The molecule has 0 N–H and O–H groups in total. The third-order valence-electron chi connectivity index (χ3n) is 3.26. The second kappa shape index (κ2) is 5.61. The van der Waals surface area contributed by atoms with E-state index < -0.39 is 11.7 Å². The summed E-state index contributed by atoms with van der Waals surface area (Å²) < 4.78 is 43.3. The third kappa shape index (κ3) is 2.94. The van der Waals surface area contributed by atoms with Gasteiger partial charge in [0.15, 0.2) is 0 Å². The van der Waals surface area contributed by atoms with Crippen LogP contribution in [0, 0.1) is 11.3 Å². The summed E-state index contributed by atoms with van der Waals surface area (Å²) >= 11 is 0. The van der Waals surface area contributed by atoms with Crippen molar-refractivity contribution in [2.45, 2.75) is 6.18 Å². The Morgan fingerprint density at radius 2 is 1.74 bits per heavy atom. The maximum absolute atomic E-state index is 12.6. The van der Waals surface area contributed by atoms with Crippen LogP contribution >= 0.6 is 0 Å². The van der Waals surface area contributed by atoms with E-state index in [1.807, 2.05) is 6.07 Å². The molecule has 3 nitrogen and oxygen atoms in total. The molecule has 0 fully saturated rings. The summed E-state index contributed by atoms with van der Waals surface area (Å²) in [5, 5.41) is 9.70. The van der Waals surface area contributed by atoms with E-state index in [1.54, 1.807) is 30.5 Å². The van der Waals surface area contributed by atoms with Crippen LogP contribution in [0.2, 0.25) is 0 Å². The van der Waals surface area contributed by atoms with Gasteiger partial charge in [-0.15, -0.1) is 0 Å². The third-order valence-corrected chi connectivity index (χ3v) is 3.26. The molecule has 114 valence electrons. The molecule has 3 aromatic rings. The van der Waals surface area contributed by atoms with Crippen molar-refractivity contribution in [1.29, 1.82) is 5.26 Å². The number of rotatable bonds is 2. The van der Waals surface area contributed by atoms with Gasteiger partial charge in [-0.05, 0) is 48.5 Å². The van der Waals surface area contributed by atoms with Gasteiger partial charge in [0.25, 0.3) is 0 Å². The minimum Gasteiger partial charge on any atom is -0.457 e. The van der Waals surface area contributed by atoms with Crippen molar-refractivity contribution in [2.24, 2.45) is 0 Å². The normalized spacial score (nSPS) is 11.2. The monoisotopic (exact) mass is 314 g/mol. The molecule has 1 aromatic heterocycles. The van der Waals surface area contributed by atoms with E-state index in [9.17, 15) is 13.2 Å². The number of benzene rings is 2. The van der Waals surface area contributed by atoms with Crippen LogP contribution in [0.25, 0.3) is 10.9 Å². The summed E-state index contributed by atoms with van der Waals surface area (Å²) in [5.41, 5.74) is 0.149.